The van der Waals surface area contributed by atoms with Crippen LogP contribution in [0.3, 0.4) is 0 Å². The number of hydrogen-bond acceptors (Lipinski definition) is 4. The van der Waals surface area contributed by atoms with E-state index in [1.165, 1.54) is 29.3 Å². The van der Waals surface area contributed by atoms with Gasteiger partial charge in [0.1, 0.15) is 0 Å². The average Bonchev–Trinajstić information content (AvgIpc) is 2.65. The van der Waals surface area contributed by atoms with Gasteiger partial charge < -0.3 is 5.32 Å². The van der Waals surface area contributed by atoms with Crippen LogP contribution in [0.1, 0.15) is 50.2 Å². The lowest BCUT2D eigenvalue weighted by Crippen LogP contribution is -2.27. The van der Waals surface area contributed by atoms with E-state index in [2.05, 4.69) is 35.7 Å². The molecule has 0 aliphatic rings. The third kappa shape index (κ3) is 2.98. The molecule has 0 aliphatic heterocycles. The molecule has 86 valence electrons. The molecule has 1 aromatic heterocycles. The summed E-state index contributed by atoms with van der Waals surface area (Å²) in [4.78, 5) is 1.31. The van der Waals surface area contributed by atoms with E-state index in [1.807, 2.05) is 6.92 Å². The van der Waals surface area contributed by atoms with Crippen molar-refractivity contribution < 1.29 is 0 Å². The van der Waals surface area contributed by atoms with Crippen molar-refractivity contribution in [1.82, 2.24) is 14.9 Å². The molecule has 1 heterocycles. The minimum Gasteiger partial charge on any atom is -0.309 e. The fourth-order valence-electron chi connectivity index (χ4n) is 1.98. The normalized spacial score (nSPS) is 13.4. The van der Waals surface area contributed by atoms with Crippen molar-refractivity contribution in [2.24, 2.45) is 5.92 Å². The molecule has 1 atom stereocenters. The van der Waals surface area contributed by atoms with Gasteiger partial charge in [-0.15, -0.1) is 5.10 Å². The molecule has 1 aromatic rings. The molecule has 1 rings (SSSR count). The van der Waals surface area contributed by atoms with Crippen molar-refractivity contribution in [1.29, 1.82) is 0 Å². The first-order valence-corrected chi connectivity index (χ1v) is 6.54. The van der Waals surface area contributed by atoms with Gasteiger partial charge in [-0.05, 0) is 30.9 Å². The number of aryl methyl sites for hydroxylation is 1. The molecule has 0 saturated carbocycles. The smallest absolute Gasteiger partial charge is 0.0772 e. The standard InChI is InChI=1S/C11H21N3S/c1-5-9(6-2)10(12-7-3)11-8(4)13-14-15-11/h9-10,12H,5-7H2,1-4H3. The summed E-state index contributed by atoms with van der Waals surface area (Å²) in [6, 6.07) is 0.435. The van der Waals surface area contributed by atoms with Crippen LogP contribution in [0.2, 0.25) is 0 Å². The summed E-state index contributed by atoms with van der Waals surface area (Å²) < 4.78 is 4.03. The first-order valence-electron chi connectivity index (χ1n) is 5.76. The highest BCUT2D eigenvalue weighted by Crippen LogP contribution is 2.30. The van der Waals surface area contributed by atoms with Crippen LogP contribution in [0.4, 0.5) is 0 Å². The zero-order valence-electron chi connectivity index (χ0n) is 10.1. The van der Waals surface area contributed by atoms with E-state index in [4.69, 9.17) is 0 Å². The Morgan fingerprint density at radius 3 is 2.33 bits per heavy atom. The van der Waals surface area contributed by atoms with E-state index in [-0.39, 0.29) is 0 Å². The summed E-state index contributed by atoms with van der Waals surface area (Å²) in [6.45, 7) is 9.70. The maximum atomic E-state index is 4.10. The van der Waals surface area contributed by atoms with Crippen molar-refractivity contribution in [3.05, 3.63) is 10.6 Å². The maximum Gasteiger partial charge on any atom is 0.0772 e. The van der Waals surface area contributed by atoms with Gasteiger partial charge in [0.15, 0.2) is 0 Å². The highest BCUT2D eigenvalue weighted by Gasteiger charge is 2.23. The van der Waals surface area contributed by atoms with Crippen molar-refractivity contribution in [3.8, 4) is 0 Å². The number of aromatic nitrogens is 2. The van der Waals surface area contributed by atoms with Crippen LogP contribution in [0.15, 0.2) is 0 Å². The Bertz CT molecular complexity index is 281. The molecule has 15 heavy (non-hydrogen) atoms. The van der Waals surface area contributed by atoms with Gasteiger partial charge in [0.25, 0.3) is 0 Å². The summed E-state index contributed by atoms with van der Waals surface area (Å²) in [7, 11) is 0. The number of nitrogens with one attached hydrogen (secondary N) is 1. The molecule has 0 aliphatic carbocycles. The lowest BCUT2D eigenvalue weighted by Gasteiger charge is -2.25. The Morgan fingerprint density at radius 2 is 1.93 bits per heavy atom. The van der Waals surface area contributed by atoms with Crippen LogP contribution in [0.25, 0.3) is 0 Å². The molecular formula is C11H21N3S. The Labute approximate surface area is 96.5 Å². The Hall–Kier alpha value is -0.480. The van der Waals surface area contributed by atoms with Crippen LogP contribution in [-0.2, 0) is 0 Å². The summed E-state index contributed by atoms with van der Waals surface area (Å²) in [5.41, 5.74) is 1.08. The van der Waals surface area contributed by atoms with Gasteiger partial charge in [0, 0.05) is 6.04 Å². The number of hydrogen-bond donors (Lipinski definition) is 1. The van der Waals surface area contributed by atoms with Gasteiger partial charge in [-0.2, -0.15) is 0 Å². The topological polar surface area (TPSA) is 37.8 Å². The monoisotopic (exact) mass is 227 g/mol. The van der Waals surface area contributed by atoms with E-state index >= 15 is 0 Å². The third-order valence-corrected chi connectivity index (χ3v) is 3.82. The van der Waals surface area contributed by atoms with Gasteiger partial charge in [-0.1, -0.05) is 38.1 Å². The summed E-state index contributed by atoms with van der Waals surface area (Å²) in [5.74, 6) is 0.686. The molecule has 3 nitrogen and oxygen atoms in total. The van der Waals surface area contributed by atoms with Gasteiger partial charge >= 0.3 is 0 Å². The first-order chi connectivity index (χ1) is 7.24. The Kier molecular flexibility index (Phi) is 5.19. The van der Waals surface area contributed by atoms with Crippen LogP contribution in [0, 0.1) is 12.8 Å². The maximum absolute atomic E-state index is 4.10. The highest BCUT2D eigenvalue weighted by molar-refractivity contribution is 7.05. The molecule has 0 radical (unpaired) electrons. The largest absolute Gasteiger partial charge is 0.309 e. The fraction of sp³-hybridized carbons (Fsp3) is 0.818. The number of rotatable bonds is 6. The molecule has 1 unspecified atom stereocenters. The van der Waals surface area contributed by atoms with Crippen LogP contribution in [0.5, 0.6) is 0 Å². The van der Waals surface area contributed by atoms with Crippen LogP contribution >= 0.6 is 11.5 Å². The Balaban J connectivity index is 2.86. The SMILES string of the molecule is CCNC(c1snnc1C)C(CC)CC. The quantitative estimate of drug-likeness (QED) is 0.812. The summed E-state index contributed by atoms with van der Waals surface area (Å²) in [5, 5.41) is 7.66. The van der Waals surface area contributed by atoms with Crippen LogP contribution < -0.4 is 5.32 Å². The van der Waals surface area contributed by atoms with Gasteiger partial charge in [0.2, 0.25) is 0 Å². The van der Waals surface area contributed by atoms with Gasteiger partial charge in [-0.25, -0.2) is 0 Å². The minimum atomic E-state index is 0.435. The van der Waals surface area contributed by atoms with Crippen LogP contribution in [-0.4, -0.2) is 16.1 Å². The summed E-state index contributed by atoms with van der Waals surface area (Å²) >= 11 is 1.53. The predicted molar refractivity (Wildman–Crippen MR) is 65.1 cm³/mol. The van der Waals surface area contributed by atoms with E-state index < -0.39 is 0 Å². The lowest BCUT2D eigenvalue weighted by molar-refractivity contribution is 0.349. The molecule has 1 N–H and O–H groups in total. The molecule has 0 aromatic carbocycles. The molecule has 0 saturated heterocycles. The predicted octanol–water partition coefficient (Wildman–Crippen LogP) is 2.93. The fourth-order valence-corrected chi connectivity index (χ4v) is 2.79. The molecule has 0 fully saturated rings. The van der Waals surface area contributed by atoms with E-state index in [0.717, 1.165) is 12.2 Å². The zero-order chi connectivity index (χ0) is 11.3. The van der Waals surface area contributed by atoms with Crippen molar-refractivity contribution in [2.45, 2.75) is 46.6 Å². The second-order valence-corrected chi connectivity index (χ2v) is 4.62. The second-order valence-electron chi connectivity index (χ2n) is 3.83. The Morgan fingerprint density at radius 1 is 1.27 bits per heavy atom. The average molecular weight is 227 g/mol. The van der Waals surface area contributed by atoms with Crippen molar-refractivity contribution in [3.63, 3.8) is 0 Å². The van der Waals surface area contributed by atoms with E-state index in [9.17, 15) is 0 Å². The molecule has 0 spiro atoms. The van der Waals surface area contributed by atoms with E-state index in [0.29, 0.717) is 12.0 Å². The summed E-state index contributed by atoms with van der Waals surface area (Å²) in [6.07, 6.45) is 2.40. The second kappa shape index (κ2) is 6.18. The van der Waals surface area contributed by atoms with Crippen molar-refractivity contribution >= 4 is 11.5 Å². The van der Waals surface area contributed by atoms with Gasteiger partial charge in [-0.3, -0.25) is 0 Å². The first kappa shape index (κ1) is 12.6. The highest BCUT2D eigenvalue weighted by atomic mass is 32.1. The van der Waals surface area contributed by atoms with Crippen molar-refractivity contribution in [2.75, 3.05) is 6.54 Å². The lowest BCUT2D eigenvalue weighted by atomic mass is 9.92. The molecular weight excluding hydrogens is 206 g/mol. The molecule has 4 heteroatoms. The van der Waals surface area contributed by atoms with E-state index in [1.54, 1.807) is 0 Å². The van der Waals surface area contributed by atoms with Gasteiger partial charge in [0.05, 0.1) is 10.6 Å². The third-order valence-electron chi connectivity index (χ3n) is 2.91. The number of nitrogens with zero attached hydrogens (tertiary/aromatic N) is 2. The molecule has 0 amide bonds. The minimum absolute atomic E-state index is 0.435. The molecule has 0 bridgehead atoms. The zero-order valence-corrected chi connectivity index (χ0v) is 10.9.